The Balaban J connectivity index is 1.47. The van der Waals surface area contributed by atoms with Gasteiger partial charge in [0, 0.05) is 24.7 Å². The number of likely N-dealkylation sites (tertiary alicyclic amines) is 1. The number of nitrogens with zero attached hydrogens (tertiary/aromatic N) is 1. The topological polar surface area (TPSA) is 29.5 Å². The minimum atomic E-state index is 0.326. The molecule has 3 nitrogen and oxygen atoms in total. The first-order valence-corrected chi connectivity index (χ1v) is 8.31. The summed E-state index contributed by atoms with van der Waals surface area (Å²) in [6.07, 6.45) is 10.4. The van der Waals surface area contributed by atoms with Crippen LogP contribution in [0.25, 0.3) is 0 Å². The molecule has 3 heteroatoms. The highest BCUT2D eigenvalue weighted by molar-refractivity contribution is 5.74. The number of hydrogen-bond acceptors (Lipinski definition) is 3. The number of carbonyl (C=O) groups is 1. The van der Waals surface area contributed by atoms with E-state index >= 15 is 0 Å². The second kappa shape index (κ2) is 7.08. The lowest BCUT2D eigenvalue weighted by atomic mass is 9.92. The van der Waals surface area contributed by atoms with Gasteiger partial charge in [-0.05, 0) is 49.9 Å². The third kappa shape index (κ3) is 3.85. The molecule has 0 N–H and O–H groups in total. The van der Waals surface area contributed by atoms with Crippen LogP contribution in [0, 0.1) is 0 Å². The van der Waals surface area contributed by atoms with Crippen molar-refractivity contribution in [1.82, 2.24) is 4.90 Å². The van der Waals surface area contributed by atoms with Gasteiger partial charge in [0.2, 0.25) is 0 Å². The lowest BCUT2D eigenvalue weighted by Gasteiger charge is -2.39. The zero-order valence-corrected chi connectivity index (χ0v) is 12.7. The van der Waals surface area contributed by atoms with E-state index in [-0.39, 0.29) is 0 Å². The Morgan fingerprint density at radius 1 is 0.952 bits per heavy atom. The molecular formula is C18H25NO2. The number of benzene rings is 1. The van der Waals surface area contributed by atoms with Crippen molar-refractivity contribution in [3.05, 3.63) is 29.8 Å². The van der Waals surface area contributed by atoms with Crippen molar-refractivity contribution in [2.24, 2.45) is 0 Å². The molecule has 3 rings (SSSR count). The Kier molecular flexibility index (Phi) is 4.91. The molecule has 1 aromatic rings. The largest absolute Gasteiger partial charge is 0.490 e. The summed E-state index contributed by atoms with van der Waals surface area (Å²) in [5.74, 6) is 0.886. The Labute approximate surface area is 127 Å². The van der Waals surface area contributed by atoms with Crippen molar-refractivity contribution in [3.8, 4) is 5.75 Å². The molecule has 1 heterocycles. The number of aldehydes is 1. The van der Waals surface area contributed by atoms with Crippen molar-refractivity contribution in [1.29, 1.82) is 0 Å². The van der Waals surface area contributed by atoms with Gasteiger partial charge in [-0.2, -0.15) is 0 Å². The molecule has 0 aromatic heterocycles. The van der Waals surface area contributed by atoms with E-state index in [1.54, 1.807) is 0 Å². The number of piperidine rings is 1. The number of rotatable bonds is 4. The van der Waals surface area contributed by atoms with Gasteiger partial charge in [-0.15, -0.1) is 0 Å². The van der Waals surface area contributed by atoms with Gasteiger partial charge < -0.3 is 9.64 Å². The van der Waals surface area contributed by atoms with E-state index in [9.17, 15) is 4.79 Å². The Hall–Kier alpha value is -1.35. The summed E-state index contributed by atoms with van der Waals surface area (Å²) in [4.78, 5) is 13.3. The summed E-state index contributed by atoms with van der Waals surface area (Å²) in [5.41, 5.74) is 0.703. The van der Waals surface area contributed by atoms with Gasteiger partial charge in [0.25, 0.3) is 0 Å². The maximum Gasteiger partial charge on any atom is 0.150 e. The molecule has 1 aliphatic carbocycles. The minimum absolute atomic E-state index is 0.326. The second-order valence-corrected chi connectivity index (χ2v) is 6.33. The first-order chi connectivity index (χ1) is 10.3. The van der Waals surface area contributed by atoms with Crippen LogP contribution in [0.4, 0.5) is 0 Å². The smallest absolute Gasteiger partial charge is 0.150 e. The summed E-state index contributed by atoms with van der Waals surface area (Å²) in [5, 5.41) is 0. The quantitative estimate of drug-likeness (QED) is 0.791. The number of ether oxygens (including phenoxy) is 1. The zero-order valence-electron chi connectivity index (χ0n) is 12.7. The molecule has 2 aliphatic rings. The lowest BCUT2D eigenvalue weighted by Crippen LogP contribution is -2.44. The van der Waals surface area contributed by atoms with E-state index < -0.39 is 0 Å². The fourth-order valence-corrected chi connectivity index (χ4v) is 3.62. The summed E-state index contributed by atoms with van der Waals surface area (Å²) in [6, 6.07) is 8.26. The predicted octanol–water partition coefficient (Wildman–Crippen LogP) is 3.68. The van der Waals surface area contributed by atoms with Gasteiger partial charge in [0.1, 0.15) is 18.1 Å². The van der Waals surface area contributed by atoms with Crippen LogP contribution in [-0.4, -0.2) is 36.4 Å². The summed E-state index contributed by atoms with van der Waals surface area (Å²) in [6.45, 7) is 2.34. The van der Waals surface area contributed by atoms with E-state index in [1.807, 2.05) is 24.3 Å². The normalized spacial score (nSPS) is 22.1. The molecule has 1 saturated carbocycles. The standard InChI is InChI=1S/C18H25NO2/c20-14-15-6-8-17(9-7-15)21-18-10-12-19(13-11-18)16-4-2-1-3-5-16/h6-9,14,16,18H,1-5,10-13H2. The maximum absolute atomic E-state index is 10.6. The van der Waals surface area contributed by atoms with Gasteiger partial charge in [-0.3, -0.25) is 4.79 Å². The summed E-state index contributed by atoms with van der Waals surface area (Å²) in [7, 11) is 0. The van der Waals surface area contributed by atoms with Crippen LogP contribution < -0.4 is 4.74 Å². The average molecular weight is 287 g/mol. The molecule has 2 fully saturated rings. The SMILES string of the molecule is O=Cc1ccc(OC2CCN(C3CCCCC3)CC2)cc1. The van der Waals surface area contributed by atoms with E-state index in [2.05, 4.69) is 4.90 Å². The molecule has 0 radical (unpaired) electrons. The minimum Gasteiger partial charge on any atom is -0.490 e. The summed E-state index contributed by atoms with van der Waals surface area (Å²) < 4.78 is 6.05. The van der Waals surface area contributed by atoms with Crippen LogP contribution in [0.2, 0.25) is 0 Å². The van der Waals surface area contributed by atoms with E-state index in [0.29, 0.717) is 11.7 Å². The van der Waals surface area contributed by atoms with Gasteiger partial charge >= 0.3 is 0 Å². The second-order valence-electron chi connectivity index (χ2n) is 6.33. The van der Waals surface area contributed by atoms with E-state index in [4.69, 9.17) is 4.74 Å². The molecule has 1 saturated heterocycles. The highest BCUT2D eigenvalue weighted by atomic mass is 16.5. The molecule has 0 amide bonds. The molecule has 114 valence electrons. The lowest BCUT2D eigenvalue weighted by molar-refractivity contribution is 0.0631. The van der Waals surface area contributed by atoms with Crippen molar-refractivity contribution < 1.29 is 9.53 Å². The molecule has 1 aromatic carbocycles. The van der Waals surface area contributed by atoms with Crippen LogP contribution in [0.3, 0.4) is 0 Å². The third-order valence-corrected chi connectivity index (χ3v) is 4.89. The molecule has 0 unspecified atom stereocenters. The molecule has 21 heavy (non-hydrogen) atoms. The number of carbonyl (C=O) groups excluding carboxylic acids is 1. The zero-order chi connectivity index (χ0) is 14.5. The van der Waals surface area contributed by atoms with Crippen LogP contribution >= 0.6 is 0 Å². The van der Waals surface area contributed by atoms with Crippen LogP contribution in [0.1, 0.15) is 55.3 Å². The van der Waals surface area contributed by atoms with Crippen molar-refractivity contribution in [2.45, 2.75) is 57.1 Å². The van der Waals surface area contributed by atoms with Crippen LogP contribution in [0.15, 0.2) is 24.3 Å². The van der Waals surface area contributed by atoms with Gasteiger partial charge in [-0.25, -0.2) is 0 Å². The summed E-state index contributed by atoms with van der Waals surface area (Å²) >= 11 is 0. The fraction of sp³-hybridized carbons (Fsp3) is 0.611. The Morgan fingerprint density at radius 2 is 1.62 bits per heavy atom. The highest BCUT2D eigenvalue weighted by Crippen LogP contribution is 2.26. The van der Waals surface area contributed by atoms with Crippen molar-refractivity contribution >= 4 is 6.29 Å². The molecule has 0 bridgehead atoms. The van der Waals surface area contributed by atoms with Crippen molar-refractivity contribution in [3.63, 3.8) is 0 Å². The van der Waals surface area contributed by atoms with Gasteiger partial charge in [0.05, 0.1) is 0 Å². The average Bonchev–Trinajstić information content (AvgIpc) is 2.57. The molecule has 0 atom stereocenters. The third-order valence-electron chi connectivity index (χ3n) is 4.89. The maximum atomic E-state index is 10.6. The fourth-order valence-electron chi connectivity index (χ4n) is 3.62. The van der Waals surface area contributed by atoms with Crippen molar-refractivity contribution in [2.75, 3.05) is 13.1 Å². The van der Waals surface area contributed by atoms with E-state index in [0.717, 1.165) is 30.9 Å². The first-order valence-electron chi connectivity index (χ1n) is 8.31. The van der Waals surface area contributed by atoms with E-state index in [1.165, 1.54) is 45.2 Å². The first kappa shape index (κ1) is 14.6. The molecule has 0 spiro atoms. The highest BCUT2D eigenvalue weighted by Gasteiger charge is 2.26. The monoisotopic (exact) mass is 287 g/mol. The number of hydrogen-bond donors (Lipinski definition) is 0. The Morgan fingerprint density at radius 3 is 2.24 bits per heavy atom. The molecular weight excluding hydrogens is 262 g/mol. The van der Waals surface area contributed by atoms with Crippen LogP contribution in [-0.2, 0) is 0 Å². The predicted molar refractivity (Wildman–Crippen MR) is 83.9 cm³/mol. The Bertz CT molecular complexity index is 443. The molecule has 1 aliphatic heterocycles. The van der Waals surface area contributed by atoms with Gasteiger partial charge in [-0.1, -0.05) is 19.3 Å². The van der Waals surface area contributed by atoms with Gasteiger partial charge in [0.15, 0.2) is 0 Å². The van der Waals surface area contributed by atoms with Crippen LogP contribution in [0.5, 0.6) is 5.75 Å².